The number of nitrogens with one attached hydrogen (secondary N) is 3. The van der Waals surface area contributed by atoms with E-state index in [2.05, 4.69) is 20.8 Å². The zero-order valence-corrected chi connectivity index (χ0v) is 14.2. The molecule has 1 heterocycles. The normalized spacial score (nSPS) is 10.0. The van der Waals surface area contributed by atoms with Crippen molar-refractivity contribution in [3.63, 3.8) is 0 Å². The lowest BCUT2D eigenvalue weighted by Gasteiger charge is -2.09. The number of carbonyl (C=O) groups is 1. The molecule has 0 saturated carbocycles. The molecule has 0 aliphatic rings. The van der Waals surface area contributed by atoms with E-state index in [9.17, 15) is 9.59 Å². The second-order valence-electron chi connectivity index (χ2n) is 5.07. The van der Waals surface area contributed by atoms with Crippen LogP contribution in [-0.2, 0) is 6.54 Å². The molecule has 0 spiro atoms. The zero-order valence-electron chi connectivity index (χ0n) is 13.4. The number of aryl methyl sites for hydroxylation is 1. The monoisotopic (exact) mass is 336 g/mol. The highest BCUT2D eigenvalue weighted by Crippen LogP contribution is 2.13. The summed E-state index contributed by atoms with van der Waals surface area (Å²) >= 11 is 0. The third kappa shape index (κ3) is 4.64. The molecule has 0 radical (unpaired) electrons. The summed E-state index contributed by atoms with van der Waals surface area (Å²) in [5.41, 5.74) is 2.56. The van der Waals surface area contributed by atoms with Crippen molar-refractivity contribution in [2.45, 2.75) is 27.3 Å². The number of carbonyl (C=O) groups excluding carboxylic acids is 1. The highest BCUT2D eigenvalue weighted by Gasteiger charge is 2.16. The van der Waals surface area contributed by atoms with Gasteiger partial charge in [-0.1, -0.05) is 19.1 Å². The first-order valence-electron chi connectivity index (χ1n) is 7.19. The largest absolute Gasteiger partial charge is 0.322 e. The van der Waals surface area contributed by atoms with Gasteiger partial charge in [0.2, 0.25) is 0 Å². The number of nitrogens with zero attached hydrogens (tertiary/aromatic N) is 1. The molecule has 6 nitrogen and oxygen atoms in total. The first kappa shape index (κ1) is 18.9. The number of amides is 1. The van der Waals surface area contributed by atoms with Crippen molar-refractivity contribution >= 4 is 24.0 Å². The summed E-state index contributed by atoms with van der Waals surface area (Å²) in [7, 11) is 0. The molecule has 2 rings (SSSR count). The van der Waals surface area contributed by atoms with Crippen LogP contribution in [0.4, 0.5) is 5.69 Å². The van der Waals surface area contributed by atoms with Crippen molar-refractivity contribution in [3.8, 4) is 0 Å². The Bertz CT molecular complexity index is 743. The molecule has 0 unspecified atom stereocenters. The predicted molar refractivity (Wildman–Crippen MR) is 93.4 cm³/mol. The van der Waals surface area contributed by atoms with E-state index in [1.165, 1.54) is 0 Å². The van der Waals surface area contributed by atoms with Gasteiger partial charge in [0.1, 0.15) is 5.56 Å². The highest BCUT2D eigenvalue weighted by atomic mass is 35.5. The summed E-state index contributed by atoms with van der Waals surface area (Å²) in [5.74, 6) is -0.426. The van der Waals surface area contributed by atoms with Crippen LogP contribution in [-0.4, -0.2) is 22.6 Å². The molecule has 0 saturated heterocycles. The molecule has 3 N–H and O–H groups in total. The van der Waals surface area contributed by atoms with Gasteiger partial charge in [-0.25, -0.2) is 5.10 Å². The molecule has 124 valence electrons. The van der Waals surface area contributed by atoms with Crippen molar-refractivity contribution in [1.29, 1.82) is 0 Å². The quantitative estimate of drug-likeness (QED) is 0.781. The lowest BCUT2D eigenvalue weighted by atomic mass is 10.1. The molecule has 0 fully saturated rings. The van der Waals surface area contributed by atoms with Crippen LogP contribution in [0.15, 0.2) is 29.1 Å². The van der Waals surface area contributed by atoms with Gasteiger partial charge in [-0.15, -0.1) is 12.4 Å². The molecule has 0 bridgehead atoms. The van der Waals surface area contributed by atoms with Gasteiger partial charge in [0.25, 0.3) is 11.5 Å². The lowest BCUT2D eigenvalue weighted by molar-refractivity contribution is 0.102. The van der Waals surface area contributed by atoms with Crippen molar-refractivity contribution in [2.24, 2.45) is 0 Å². The molecule has 1 amide bonds. The van der Waals surface area contributed by atoms with Crippen molar-refractivity contribution in [3.05, 3.63) is 57.0 Å². The minimum absolute atomic E-state index is 0. The number of hydrogen-bond acceptors (Lipinski definition) is 4. The van der Waals surface area contributed by atoms with Crippen LogP contribution in [0, 0.1) is 13.8 Å². The van der Waals surface area contributed by atoms with Crippen LogP contribution in [0.1, 0.15) is 34.1 Å². The molecule has 0 aliphatic carbocycles. The Morgan fingerprint density at radius 1 is 1.30 bits per heavy atom. The zero-order chi connectivity index (χ0) is 16.1. The summed E-state index contributed by atoms with van der Waals surface area (Å²) in [6.07, 6.45) is 0. The van der Waals surface area contributed by atoms with E-state index in [-0.39, 0.29) is 18.0 Å². The van der Waals surface area contributed by atoms with Crippen LogP contribution in [0.3, 0.4) is 0 Å². The minimum atomic E-state index is -0.482. The molecular formula is C16H21ClN4O2. The Morgan fingerprint density at radius 2 is 2.04 bits per heavy atom. The average molecular weight is 337 g/mol. The van der Waals surface area contributed by atoms with E-state index < -0.39 is 11.5 Å². The fraction of sp³-hybridized carbons (Fsp3) is 0.312. The Hall–Kier alpha value is -2.18. The number of halogens is 1. The van der Waals surface area contributed by atoms with Crippen LogP contribution < -0.4 is 16.2 Å². The number of aromatic amines is 1. The summed E-state index contributed by atoms with van der Waals surface area (Å²) in [5, 5.41) is 12.2. The smallest absolute Gasteiger partial charge is 0.277 e. The summed E-state index contributed by atoms with van der Waals surface area (Å²) < 4.78 is 0. The molecule has 7 heteroatoms. The van der Waals surface area contributed by atoms with Gasteiger partial charge in [-0.2, -0.15) is 5.10 Å². The van der Waals surface area contributed by atoms with Crippen molar-refractivity contribution in [2.75, 3.05) is 11.9 Å². The Balaban J connectivity index is 0.00000264. The van der Waals surface area contributed by atoms with E-state index in [1.54, 1.807) is 19.9 Å². The standard InChI is InChI=1S/C16H20N4O2.ClH/c1-4-17-9-12-6-5-7-13(8-12)18-15(21)14-10(2)11(3)19-20-16(14)22;/h5-8,17H,4,9H2,1-3H3,(H,18,21)(H,20,22);1H. The number of H-pyrrole nitrogens is 1. The summed E-state index contributed by atoms with van der Waals surface area (Å²) in [6, 6.07) is 7.53. The lowest BCUT2D eigenvalue weighted by Crippen LogP contribution is -2.26. The van der Waals surface area contributed by atoms with Crippen LogP contribution >= 0.6 is 12.4 Å². The van der Waals surface area contributed by atoms with Crippen LogP contribution in [0.25, 0.3) is 0 Å². The second-order valence-corrected chi connectivity index (χ2v) is 5.07. The first-order chi connectivity index (χ1) is 10.5. The molecule has 2 aromatic rings. The number of benzene rings is 1. The molecule has 0 aliphatic heterocycles. The first-order valence-corrected chi connectivity index (χ1v) is 7.19. The molecule has 0 atom stereocenters. The maximum Gasteiger partial charge on any atom is 0.277 e. The maximum absolute atomic E-state index is 12.4. The van der Waals surface area contributed by atoms with E-state index in [0.717, 1.165) is 18.7 Å². The Kier molecular flexibility index (Phi) is 6.93. The number of aromatic nitrogens is 2. The second kappa shape index (κ2) is 8.45. The number of rotatable bonds is 5. The fourth-order valence-corrected chi connectivity index (χ4v) is 2.12. The van der Waals surface area contributed by atoms with E-state index >= 15 is 0 Å². The van der Waals surface area contributed by atoms with Crippen LogP contribution in [0.5, 0.6) is 0 Å². The number of anilines is 1. The maximum atomic E-state index is 12.4. The SMILES string of the molecule is CCNCc1cccc(NC(=O)c2c(C)c(C)n[nH]c2=O)c1.Cl. The topological polar surface area (TPSA) is 86.9 Å². The Labute approximate surface area is 141 Å². The van der Waals surface area contributed by atoms with Gasteiger partial charge in [-0.05, 0) is 43.7 Å². The average Bonchev–Trinajstić information content (AvgIpc) is 2.50. The molecule has 1 aromatic heterocycles. The third-order valence-corrected chi connectivity index (χ3v) is 3.46. The van der Waals surface area contributed by atoms with Crippen LogP contribution in [0.2, 0.25) is 0 Å². The van der Waals surface area contributed by atoms with Gasteiger partial charge in [-0.3, -0.25) is 9.59 Å². The fourth-order valence-electron chi connectivity index (χ4n) is 2.12. The van der Waals surface area contributed by atoms with Gasteiger partial charge in [0.05, 0.1) is 5.69 Å². The Morgan fingerprint density at radius 3 is 2.74 bits per heavy atom. The summed E-state index contributed by atoms with van der Waals surface area (Å²) in [6.45, 7) is 7.11. The summed E-state index contributed by atoms with van der Waals surface area (Å²) in [4.78, 5) is 24.2. The molecule has 1 aromatic carbocycles. The van der Waals surface area contributed by atoms with Gasteiger partial charge in [0, 0.05) is 12.2 Å². The van der Waals surface area contributed by atoms with Crippen molar-refractivity contribution in [1.82, 2.24) is 15.5 Å². The van der Waals surface area contributed by atoms with E-state index in [0.29, 0.717) is 16.9 Å². The number of hydrogen-bond donors (Lipinski definition) is 3. The predicted octanol–water partition coefficient (Wildman–Crippen LogP) is 2.17. The van der Waals surface area contributed by atoms with Gasteiger partial charge < -0.3 is 10.6 Å². The minimum Gasteiger partial charge on any atom is -0.322 e. The van der Waals surface area contributed by atoms with Gasteiger partial charge in [0.15, 0.2) is 0 Å². The highest BCUT2D eigenvalue weighted by molar-refractivity contribution is 6.05. The van der Waals surface area contributed by atoms with Crippen molar-refractivity contribution < 1.29 is 4.79 Å². The third-order valence-electron chi connectivity index (χ3n) is 3.46. The molecule has 23 heavy (non-hydrogen) atoms. The van der Waals surface area contributed by atoms with Gasteiger partial charge >= 0.3 is 0 Å². The van der Waals surface area contributed by atoms with E-state index in [4.69, 9.17) is 0 Å². The molecular weight excluding hydrogens is 316 g/mol. The van der Waals surface area contributed by atoms with E-state index in [1.807, 2.05) is 25.1 Å².